The number of nitrogens with one attached hydrogen (secondary N) is 1. The van der Waals surface area contributed by atoms with E-state index in [-0.39, 0.29) is 29.0 Å². The van der Waals surface area contributed by atoms with Crippen LogP contribution in [0, 0.1) is 0 Å². The van der Waals surface area contributed by atoms with E-state index < -0.39 is 11.9 Å². The minimum atomic E-state index is -4.78. The van der Waals surface area contributed by atoms with Crippen molar-refractivity contribution in [3.63, 3.8) is 0 Å². The van der Waals surface area contributed by atoms with Gasteiger partial charge in [-0.1, -0.05) is 43.0 Å². The molecule has 0 saturated heterocycles. The molecular weight excluding hydrogens is 419 g/mol. The van der Waals surface area contributed by atoms with Gasteiger partial charge in [0.2, 0.25) is 5.91 Å². The third-order valence-electron chi connectivity index (χ3n) is 3.96. The third kappa shape index (κ3) is 5.53. The van der Waals surface area contributed by atoms with Gasteiger partial charge < -0.3 is 4.74 Å². The number of fused-ring (bicyclic) bond motifs is 1. The lowest BCUT2D eigenvalue weighted by molar-refractivity contribution is -0.274. The lowest BCUT2D eigenvalue weighted by Crippen LogP contribution is -2.35. The fraction of sp³-hybridized carbons (Fsp3) is 0.250. The molecule has 1 heterocycles. The Morgan fingerprint density at radius 1 is 1.20 bits per heavy atom. The number of alkyl halides is 3. The van der Waals surface area contributed by atoms with Crippen molar-refractivity contribution < 1.29 is 22.7 Å². The maximum absolute atomic E-state index is 12.9. The van der Waals surface area contributed by atoms with Gasteiger partial charge in [-0.05, 0) is 36.2 Å². The number of thioether (sulfide) groups is 1. The molecular formula is C20H18F3N3O3S. The van der Waals surface area contributed by atoms with Gasteiger partial charge in [0, 0.05) is 12.2 Å². The van der Waals surface area contributed by atoms with Crippen LogP contribution in [0.5, 0.6) is 5.75 Å². The number of rotatable bonds is 7. The normalized spacial score (nSPS) is 11.5. The topological polar surface area (TPSA) is 73.2 Å². The third-order valence-corrected chi connectivity index (χ3v) is 4.97. The predicted octanol–water partition coefficient (Wildman–Crippen LogP) is 4.46. The zero-order chi connectivity index (χ0) is 21.7. The van der Waals surface area contributed by atoms with Crippen LogP contribution in [0.25, 0.3) is 10.9 Å². The molecule has 0 aliphatic carbocycles. The van der Waals surface area contributed by atoms with Crippen LogP contribution in [0.3, 0.4) is 0 Å². The summed E-state index contributed by atoms with van der Waals surface area (Å²) in [5.74, 6) is -0.455. The molecule has 2 aromatic carbocycles. The van der Waals surface area contributed by atoms with E-state index in [4.69, 9.17) is 0 Å². The second-order valence-electron chi connectivity index (χ2n) is 6.32. The quantitative estimate of drug-likeness (QED) is 0.437. The van der Waals surface area contributed by atoms with Gasteiger partial charge in [-0.15, -0.1) is 13.2 Å². The highest BCUT2D eigenvalue weighted by Gasteiger charge is 2.31. The Morgan fingerprint density at radius 2 is 1.97 bits per heavy atom. The van der Waals surface area contributed by atoms with Gasteiger partial charge in [0.25, 0.3) is 5.56 Å². The van der Waals surface area contributed by atoms with Crippen LogP contribution in [0.1, 0.15) is 25.3 Å². The van der Waals surface area contributed by atoms with Crippen LogP contribution in [0.4, 0.5) is 13.2 Å². The number of ether oxygens (including phenoxy) is 1. The van der Waals surface area contributed by atoms with Gasteiger partial charge in [0.15, 0.2) is 5.16 Å². The minimum Gasteiger partial charge on any atom is -0.406 e. The molecule has 30 heavy (non-hydrogen) atoms. The summed E-state index contributed by atoms with van der Waals surface area (Å²) in [5, 5.41) is 0.574. The molecule has 0 bridgehead atoms. The van der Waals surface area contributed by atoms with Gasteiger partial charge in [0.05, 0.1) is 10.9 Å². The highest BCUT2D eigenvalue weighted by atomic mass is 32.2. The molecule has 6 nitrogen and oxygen atoms in total. The Kier molecular flexibility index (Phi) is 6.66. The van der Waals surface area contributed by atoms with Crippen molar-refractivity contribution in [1.82, 2.24) is 9.66 Å². The molecule has 1 amide bonds. The number of para-hydroxylation sites is 1. The van der Waals surface area contributed by atoms with Crippen LogP contribution in [0.15, 0.2) is 58.5 Å². The number of amides is 1. The number of carbonyl (C=O) groups is 1. The van der Waals surface area contributed by atoms with Crippen molar-refractivity contribution >= 4 is 28.6 Å². The minimum absolute atomic E-state index is 0.212. The molecule has 0 unspecified atom stereocenters. The first kappa shape index (κ1) is 21.7. The highest BCUT2D eigenvalue weighted by Crippen LogP contribution is 2.27. The average Bonchev–Trinajstić information content (AvgIpc) is 2.68. The summed E-state index contributed by atoms with van der Waals surface area (Å²) in [6.45, 7) is 1.84. The molecule has 3 rings (SSSR count). The number of hydrogen-bond donors (Lipinski definition) is 1. The molecule has 1 N–H and O–H groups in total. The SMILES string of the molecule is CCCC(=O)Nn1c(SCc2cccc(OC(F)(F)F)c2)nc2ccccc2c1=O. The Morgan fingerprint density at radius 3 is 2.70 bits per heavy atom. The molecule has 3 aromatic rings. The van der Waals surface area contributed by atoms with E-state index in [1.54, 1.807) is 30.3 Å². The molecule has 0 radical (unpaired) electrons. The second kappa shape index (κ2) is 9.21. The zero-order valence-corrected chi connectivity index (χ0v) is 16.7. The number of nitrogens with zero attached hydrogens (tertiary/aromatic N) is 2. The summed E-state index contributed by atoms with van der Waals surface area (Å²) in [7, 11) is 0. The zero-order valence-electron chi connectivity index (χ0n) is 15.9. The van der Waals surface area contributed by atoms with Crippen molar-refractivity contribution in [3.8, 4) is 5.75 Å². The van der Waals surface area contributed by atoms with Gasteiger partial charge in [-0.3, -0.25) is 15.0 Å². The molecule has 0 saturated carbocycles. The molecule has 1 aromatic heterocycles. The predicted molar refractivity (Wildman–Crippen MR) is 108 cm³/mol. The Balaban J connectivity index is 1.90. The van der Waals surface area contributed by atoms with E-state index >= 15 is 0 Å². The summed E-state index contributed by atoms with van der Waals surface area (Å²) in [5.41, 5.74) is 3.13. The molecule has 0 aliphatic heterocycles. The first-order valence-corrected chi connectivity index (χ1v) is 10.0. The maximum Gasteiger partial charge on any atom is 0.573 e. The van der Waals surface area contributed by atoms with E-state index in [2.05, 4.69) is 15.1 Å². The van der Waals surface area contributed by atoms with E-state index in [0.29, 0.717) is 22.9 Å². The van der Waals surface area contributed by atoms with Crippen LogP contribution >= 0.6 is 11.8 Å². The maximum atomic E-state index is 12.9. The molecule has 158 valence electrons. The van der Waals surface area contributed by atoms with Crippen molar-refractivity contribution in [2.75, 3.05) is 5.43 Å². The lowest BCUT2D eigenvalue weighted by atomic mass is 10.2. The van der Waals surface area contributed by atoms with Gasteiger partial charge in [-0.25, -0.2) is 4.98 Å². The fourth-order valence-electron chi connectivity index (χ4n) is 2.70. The van der Waals surface area contributed by atoms with E-state index in [1.165, 1.54) is 18.2 Å². The molecule has 0 spiro atoms. The average molecular weight is 437 g/mol. The van der Waals surface area contributed by atoms with Crippen molar-refractivity contribution in [2.45, 2.75) is 37.0 Å². The van der Waals surface area contributed by atoms with Crippen LogP contribution in [0.2, 0.25) is 0 Å². The van der Waals surface area contributed by atoms with Crippen LogP contribution in [-0.2, 0) is 10.5 Å². The number of hydrogen-bond acceptors (Lipinski definition) is 5. The summed E-state index contributed by atoms with van der Waals surface area (Å²) in [4.78, 5) is 29.4. The smallest absolute Gasteiger partial charge is 0.406 e. The number of halogens is 3. The first-order valence-electron chi connectivity index (χ1n) is 9.06. The first-order chi connectivity index (χ1) is 14.3. The Bertz CT molecular complexity index is 1120. The number of carbonyl (C=O) groups excluding carboxylic acids is 1. The summed E-state index contributed by atoms with van der Waals surface area (Å²) in [6.07, 6.45) is -3.94. The highest BCUT2D eigenvalue weighted by molar-refractivity contribution is 7.98. The lowest BCUT2D eigenvalue weighted by Gasteiger charge is -2.14. The largest absolute Gasteiger partial charge is 0.573 e. The fourth-order valence-corrected chi connectivity index (χ4v) is 3.59. The van der Waals surface area contributed by atoms with Crippen LogP contribution in [-0.4, -0.2) is 21.9 Å². The van der Waals surface area contributed by atoms with Gasteiger partial charge in [-0.2, -0.15) is 4.68 Å². The van der Waals surface area contributed by atoms with Crippen molar-refractivity contribution in [2.24, 2.45) is 0 Å². The molecule has 10 heteroatoms. The summed E-state index contributed by atoms with van der Waals surface area (Å²) < 4.78 is 42.3. The van der Waals surface area contributed by atoms with Crippen molar-refractivity contribution in [1.29, 1.82) is 0 Å². The summed E-state index contributed by atoms with van der Waals surface area (Å²) >= 11 is 1.12. The van der Waals surface area contributed by atoms with Gasteiger partial charge >= 0.3 is 6.36 Å². The molecule has 0 aliphatic rings. The summed E-state index contributed by atoms with van der Waals surface area (Å²) in [6, 6.07) is 12.3. The Hall–Kier alpha value is -3.01. The molecule has 0 fully saturated rings. The molecule has 0 atom stereocenters. The number of aromatic nitrogens is 2. The van der Waals surface area contributed by atoms with E-state index in [0.717, 1.165) is 16.4 Å². The van der Waals surface area contributed by atoms with E-state index in [1.807, 2.05) is 6.92 Å². The number of benzene rings is 2. The standard InChI is InChI=1S/C20H18F3N3O3S/c1-2-6-17(27)25-26-18(28)15-9-3-4-10-16(15)24-19(26)30-12-13-7-5-8-14(11-13)29-20(21,22)23/h3-5,7-11H,2,6,12H2,1H3,(H,25,27). The van der Waals surface area contributed by atoms with Gasteiger partial charge in [0.1, 0.15) is 5.75 Å². The van der Waals surface area contributed by atoms with Crippen molar-refractivity contribution in [3.05, 3.63) is 64.4 Å². The Labute approximate surface area is 174 Å². The monoisotopic (exact) mass is 437 g/mol. The second-order valence-corrected chi connectivity index (χ2v) is 7.26. The van der Waals surface area contributed by atoms with Crippen LogP contribution < -0.4 is 15.7 Å². The van der Waals surface area contributed by atoms with E-state index in [9.17, 15) is 22.8 Å².